The number of fused-ring (bicyclic) bond motifs is 2. The van der Waals surface area contributed by atoms with E-state index < -0.39 is 0 Å². The first-order valence-corrected chi connectivity index (χ1v) is 14.0. The first-order valence-electron chi connectivity index (χ1n) is 14.0. The van der Waals surface area contributed by atoms with Crippen LogP contribution >= 0.6 is 0 Å². The lowest BCUT2D eigenvalue weighted by atomic mass is 9.92. The summed E-state index contributed by atoms with van der Waals surface area (Å²) in [5.74, 6) is 1.80. The number of carbonyl (C=O) groups excluding carboxylic acids is 1. The molecule has 4 fully saturated rings. The molecule has 3 aliphatic heterocycles. The average Bonchev–Trinajstić information content (AvgIpc) is 3.15. The number of nitrogens with zero attached hydrogens (tertiary/aromatic N) is 4. The molecule has 1 saturated carbocycles. The van der Waals surface area contributed by atoms with Crippen molar-refractivity contribution in [1.82, 2.24) is 20.2 Å². The normalized spacial score (nSPS) is 25.4. The van der Waals surface area contributed by atoms with E-state index >= 15 is 0 Å². The van der Waals surface area contributed by atoms with Crippen LogP contribution in [0.4, 0.5) is 5.95 Å². The van der Waals surface area contributed by atoms with Crippen molar-refractivity contribution in [3.05, 3.63) is 18.0 Å². The maximum Gasteiger partial charge on any atom is 0.225 e. The van der Waals surface area contributed by atoms with E-state index in [4.69, 9.17) is 9.97 Å². The van der Waals surface area contributed by atoms with Gasteiger partial charge in [-0.05, 0) is 64.1 Å². The number of nitrogens with one attached hydrogen (secondary N) is 1. The Labute approximate surface area is 208 Å². The topological polar surface area (TPSA) is 61.4 Å². The van der Waals surface area contributed by atoms with E-state index in [-0.39, 0.29) is 5.92 Å². The van der Waals surface area contributed by atoms with Crippen molar-refractivity contribution in [3.63, 3.8) is 0 Å². The molecule has 0 spiro atoms. The minimum Gasteiger partial charge on any atom is -0.332 e. The Kier molecular flexibility index (Phi) is 11.2. The predicted molar refractivity (Wildman–Crippen MR) is 141 cm³/mol. The van der Waals surface area contributed by atoms with E-state index in [9.17, 15) is 4.79 Å². The lowest BCUT2D eigenvalue weighted by Crippen LogP contribution is -2.56. The van der Waals surface area contributed by atoms with E-state index in [1.165, 1.54) is 69.8 Å². The van der Waals surface area contributed by atoms with Gasteiger partial charge in [-0.2, -0.15) is 0 Å². The molecular formula is C28H49N5O. The van der Waals surface area contributed by atoms with Crippen molar-refractivity contribution in [2.24, 2.45) is 5.92 Å². The number of carbonyl (C=O) groups is 1. The minimum absolute atomic E-state index is 0.204. The summed E-state index contributed by atoms with van der Waals surface area (Å²) in [7, 11) is 0. The highest BCUT2D eigenvalue weighted by Gasteiger charge is 2.41. The Bertz CT molecular complexity index is 672. The summed E-state index contributed by atoms with van der Waals surface area (Å²) in [6, 6.07) is 1.84. The van der Waals surface area contributed by atoms with Crippen LogP contribution in [0.15, 0.2) is 12.4 Å². The largest absolute Gasteiger partial charge is 0.332 e. The van der Waals surface area contributed by atoms with E-state index in [2.05, 4.69) is 41.4 Å². The van der Waals surface area contributed by atoms with E-state index in [0.717, 1.165) is 38.4 Å². The summed E-state index contributed by atoms with van der Waals surface area (Å²) in [4.78, 5) is 24.2. The molecule has 5 rings (SSSR count). The summed E-state index contributed by atoms with van der Waals surface area (Å²) in [6.45, 7) is 12.9. The molecule has 1 aliphatic carbocycles. The third-order valence-electron chi connectivity index (χ3n) is 7.71. The smallest absolute Gasteiger partial charge is 0.225 e. The van der Waals surface area contributed by atoms with Gasteiger partial charge in [-0.25, -0.2) is 9.97 Å². The van der Waals surface area contributed by atoms with Gasteiger partial charge in [0.1, 0.15) is 6.29 Å². The van der Waals surface area contributed by atoms with E-state index in [1.54, 1.807) is 0 Å². The molecule has 2 bridgehead atoms. The molecule has 2 atom stereocenters. The van der Waals surface area contributed by atoms with Crippen molar-refractivity contribution in [1.29, 1.82) is 0 Å². The Morgan fingerprint density at radius 1 is 0.853 bits per heavy atom. The zero-order chi connectivity index (χ0) is 24.3. The molecule has 1 N–H and O–H groups in total. The van der Waals surface area contributed by atoms with Gasteiger partial charge >= 0.3 is 0 Å². The third kappa shape index (κ3) is 8.01. The summed E-state index contributed by atoms with van der Waals surface area (Å²) in [5.41, 5.74) is 1.32. The molecule has 2 unspecified atom stereocenters. The van der Waals surface area contributed by atoms with Gasteiger partial charge in [0.15, 0.2) is 0 Å². The van der Waals surface area contributed by atoms with Crippen molar-refractivity contribution < 1.29 is 4.79 Å². The van der Waals surface area contributed by atoms with Crippen LogP contribution in [0.25, 0.3) is 0 Å². The Hall–Kier alpha value is -1.53. The van der Waals surface area contributed by atoms with Crippen LogP contribution in [0.2, 0.25) is 0 Å². The van der Waals surface area contributed by atoms with Crippen LogP contribution in [-0.2, 0) is 4.79 Å². The molecular weight excluding hydrogens is 422 g/mol. The first kappa shape index (κ1) is 27.1. The maximum atomic E-state index is 9.50. The number of hydrogen-bond acceptors (Lipinski definition) is 6. The van der Waals surface area contributed by atoms with Crippen molar-refractivity contribution >= 4 is 12.2 Å². The fourth-order valence-corrected chi connectivity index (χ4v) is 5.58. The summed E-state index contributed by atoms with van der Waals surface area (Å²) >= 11 is 0. The third-order valence-corrected chi connectivity index (χ3v) is 7.71. The molecule has 0 amide bonds. The highest BCUT2D eigenvalue weighted by Crippen LogP contribution is 2.34. The van der Waals surface area contributed by atoms with Crippen LogP contribution in [0, 0.1) is 5.92 Å². The molecule has 0 aromatic carbocycles. The maximum absolute atomic E-state index is 9.50. The predicted octanol–water partition coefficient (Wildman–Crippen LogP) is 5.19. The molecule has 0 radical (unpaired) electrons. The molecule has 4 heterocycles. The quantitative estimate of drug-likeness (QED) is 0.610. The molecule has 6 heteroatoms. The standard InChI is InChI=1S/C18H29N5.C6H12.C4H8O/c1-13(2)22-11-16-3-4-17(12-22)23(16)18-20-9-15(10-21-18)14-5-7-19-8-6-14;1-2-4-6-5-3-1;1-4(2)3-5/h9-10,13-14,16-17,19H,3-8,11-12H2,1-2H3;1-6H2;3-4H,1-2H3. The number of anilines is 1. The highest BCUT2D eigenvalue weighted by molar-refractivity contribution is 5.51. The molecule has 192 valence electrons. The highest BCUT2D eigenvalue weighted by atomic mass is 16.1. The average molecular weight is 472 g/mol. The Balaban J connectivity index is 0.000000244. The van der Waals surface area contributed by atoms with Gasteiger partial charge in [-0.15, -0.1) is 0 Å². The van der Waals surface area contributed by atoms with Gasteiger partial charge in [0, 0.05) is 49.5 Å². The number of rotatable bonds is 4. The van der Waals surface area contributed by atoms with Gasteiger partial charge in [0.05, 0.1) is 0 Å². The van der Waals surface area contributed by atoms with Gasteiger partial charge < -0.3 is 15.0 Å². The number of piperazine rings is 1. The zero-order valence-electron chi connectivity index (χ0n) is 22.2. The second-order valence-electron chi connectivity index (χ2n) is 11.2. The van der Waals surface area contributed by atoms with Crippen molar-refractivity contribution in [2.45, 2.75) is 116 Å². The second-order valence-corrected chi connectivity index (χ2v) is 11.2. The Morgan fingerprint density at radius 3 is 1.74 bits per heavy atom. The lowest BCUT2D eigenvalue weighted by Gasteiger charge is -2.42. The van der Waals surface area contributed by atoms with Crippen molar-refractivity contribution in [2.75, 3.05) is 31.1 Å². The zero-order valence-corrected chi connectivity index (χ0v) is 22.2. The molecule has 1 aromatic heterocycles. The van der Waals surface area contributed by atoms with Crippen LogP contribution in [0.5, 0.6) is 0 Å². The van der Waals surface area contributed by atoms with Crippen LogP contribution < -0.4 is 10.2 Å². The number of aromatic nitrogens is 2. The molecule has 6 nitrogen and oxygen atoms in total. The van der Waals surface area contributed by atoms with Crippen molar-refractivity contribution in [3.8, 4) is 0 Å². The van der Waals surface area contributed by atoms with Gasteiger partial charge in [0.25, 0.3) is 0 Å². The van der Waals surface area contributed by atoms with E-state index in [1.807, 2.05) is 13.8 Å². The van der Waals surface area contributed by atoms with Gasteiger partial charge in [-0.1, -0.05) is 52.4 Å². The van der Waals surface area contributed by atoms with Gasteiger partial charge in [-0.3, -0.25) is 4.90 Å². The van der Waals surface area contributed by atoms with Crippen LogP contribution in [0.1, 0.15) is 103 Å². The number of aldehydes is 1. The summed E-state index contributed by atoms with van der Waals surface area (Å²) < 4.78 is 0. The SMILES string of the molecule is C1CCCCC1.CC(C)C=O.CC(C)N1CC2CCC(C1)N2c1ncc(C2CCNCC2)cn1. The fourth-order valence-electron chi connectivity index (χ4n) is 5.58. The van der Waals surface area contributed by atoms with Crippen LogP contribution in [-0.4, -0.2) is 65.5 Å². The summed E-state index contributed by atoms with van der Waals surface area (Å²) in [5, 5.41) is 3.43. The molecule has 3 saturated heterocycles. The number of piperidine rings is 1. The number of likely N-dealkylation sites (tertiary alicyclic amines) is 1. The van der Waals surface area contributed by atoms with Gasteiger partial charge in [0.2, 0.25) is 5.95 Å². The fraction of sp³-hybridized carbons (Fsp3) is 0.821. The lowest BCUT2D eigenvalue weighted by molar-refractivity contribution is -0.110. The first-order chi connectivity index (χ1) is 16.5. The summed E-state index contributed by atoms with van der Waals surface area (Å²) in [6.07, 6.45) is 19.1. The second kappa shape index (κ2) is 14.1. The van der Waals surface area contributed by atoms with E-state index in [0.29, 0.717) is 24.0 Å². The number of hydrogen-bond donors (Lipinski definition) is 1. The minimum atomic E-state index is 0.204. The monoisotopic (exact) mass is 471 g/mol. The Morgan fingerprint density at radius 2 is 1.32 bits per heavy atom. The molecule has 4 aliphatic rings. The molecule has 34 heavy (non-hydrogen) atoms. The molecule has 1 aromatic rings. The van der Waals surface area contributed by atoms with Crippen LogP contribution in [0.3, 0.4) is 0 Å².